The van der Waals surface area contributed by atoms with Crippen molar-refractivity contribution in [2.75, 3.05) is 7.11 Å². The van der Waals surface area contributed by atoms with Crippen LogP contribution in [-0.4, -0.2) is 17.1 Å². The molecule has 1 unspecified atom stereocenters. The van der Waals surface area contributed by atoms with Crippen LogP contribution in [0.25, 0.3) is 0 Å². The van der Waals surface area contributed by atoms with Crippen molar-refractivity contribution in [3.05, 3.63) is 40.7 Å². The SMILES string of the molecule is COc1cc(CC(N)c2ccoc2Br)ncn1. The lowest BCUT2D eigenvalue weighted by molar-refractivity contribution is 0.395. The van der Waals surface area contributed by atoms with Gasteiger partial charge in [0.2, 0.25) is 5.88 Å². The van der Waals surface area contributed by atoms with E-state index in [2.05, 4.69) is 25.9 Å². The zero-order chi connectivity index (χ0) is 12.3. The van der Waals surface area contributed by atoms with Gasteiger partial charge in [-0.1, -0.05) is 0 Å². The van der Waals surface area contributed by atoms with Crippen LogP contribution in [0.2, 0.25) is 0 Å². The fourth-order valence-corrected chi connectivity index (χ4v) is 2.04. The molecule has 2 N–H and O–H groups in total. The number of nitrogens with two attached hydrogens (primary N) is 1. The predicted octanol–water partition coefficient (Wildman–Crippen LogP) is 2.08. The van der Waals surface area contributed by atoms with Crippen molar-refractivity contribution >= 4 is 15.9 Å². The van der Waals surface area contributed by atoms with Gasteiger partial charge in [-0.15, -0.1) is 0 Å². The Bertz CT molecular complexity index is 501. The van der Waals surface area contributed by atoms with E-state index in [1.54, 1.807) is 19.4 Å². The van der Waals surface area contributed by atoms with Crippen molar-refractivity contribution in [3.63, 3.8) is 0 Å². The molecule has 0 aromatic carbocycles. The number of hydrogen-bond donors (Lipinski definition) is 1. The number of aromatic nitrogens is 2. The molecule has 0 bridgehead atoms. The molecule has 1 atom stereocenters. The van der Waals surface area contributed by atoms with Gasteiger partial charge in [0.05, 0.1) is 13.4 Å². The minimum Gasteiger partial charge on any atom is -0.481 e. The Morgan fingerprint density at radius 3 is 3.00 bits per heavy atom. The summed E-state index contributed by atoms with van der Waals surface area (Å²) in [5.74, 6) is 0.536. The van der Waals surface area contributed by atoms with Gasteiger partial charge in [0.25, 0.3) is 0 Å². The predicted molar refractivity (Wildman–Crippen MR) is 65.6 cm³/mol. The van der Waals surface area contributed by atoms with E-state index in [-0.39, 0.29) is 6.04 Å². The van der Waals surface area contributed by atoms with E-state index in [9.17, 15) is 0 Å². The average Bonchev–Trinajstić information content (AvgIpc) is 2.76. The maximum absolute atomic E-state index is 6.07. The van der Waals surface area contributed by atoms with Gasteiger partial charge in [-0.3, -0.25) is 0 Å². The summed E-state index contributed by atoms with van der Waals surface area (Å²) in [7, 11) is 1.57. The molecule has 0 aliphatic carbocycles. The topological polar surface area (TPSA) is 74.2 Å². The summed E-state index contributed by atoms with van der Waals surface area (Å²) >= 11 is 3.30. The van der Waals surface area contributed by atoms with Crippen LogP contribution in [-0.2, 0) is 6.42 Å². The van der Waals surface area contributed by atoms with Crippen LogP contribution >= 0.6 is 15.9 Å². The standard InChI is InChI=1S/C11H12BrN3O2/c1-16-10-5-7(14-6-15-10)4-9(13)8-2-3-17-11(8)12/h2-3,5-6,9H,4,13H2,1H3. The smallest absolute Gasteiger partial charge is 0.216 e. The van der Waals surface area contributed by atoms with E-state index < -0.39 is 0 Å². The second-order valence-electron chi connectivity index (χ2n) is 3.51. The van der Waals surface area contributed by atoms with Gasteiger partial charge in [-0.25, -0.2) is 9.97 Å². The average molecular weight is 298 g/mol. The Morgan fingerprint density at radius 2 is 2.35 bits per heavy atom. The van der Waals surface area contributed by atoms with E-state index in [0.29, 0.717) is 17.0 Å². The van der Waals surface area contributed by atoms with E-state index >= 15 is 0 Å². The molecule has 5 nitrogen and oxygen atoms in total. The lowest BCUT2D eigenvalue weighted by Gasteiger charge is -2.09. The van der Waals surface area contributed by atoms with Gasteiger partial charge >= 0.3 is 0 Å². The number of furan rings is 1. The molecule has 90 valence electrons. The second kappa shape index (κ2) is 5.29. The molecule has 0 fully saturated rings. The summed E-state index contributed by atoms with van der Waals surface area (Å²) < 4.78 is 10.8. The quantitative estimate of drug-likeness (QED) is 0.935. The number of ether oxygens (including phenoxy) is 1. The summed E-state index contributed by atoms with van der Waals surface area (Å²) in [5, 5.41) is 0. The molecule has 17 heavy (non-hydrogen) atoms. The van der Waals surface area contributed by atoms with Crippen molar-refractivity contribution in [1.82, 2.24) is 9.97 Å². The number of methoxy groups -OCH3 is 1. The number of rotatable bonds is 4. The third-order valence-corrected chi connectivity index (χ3v) is 3.03. The van der Waals surface area contributed by atoms with Crippen molar-refractivity contribution in [3.8, 4) is 5.88 Å². The molecule has 2 heterocycles. The molecule has 2 aromatic rings. The molecule has 2 aromatic heterocycles. The lowest BCUT2D eigenvalue weighted by atomic mass is 10.1. The first kappa shape index (κ1) is 12.1. The van der Waals surface area contributed by atoms with Crippen LogP contribution in [0.3, 0.4) is 0 Å². The van der Waals surface area contributed by atoms with Gasteiger partial charge < -0.3 is 14.9 Å². The Balaban J connectivity index is 2.13. The molecule has 0 saturated heterocycles. The first-order chi connectivity index (χ1) is 8.20. The maximum atomic E-state index is 6.07. The van der Waals surface area contributed by atoms with Crippen LogP contribution in [0.5, 0.6) is 5.88 Å². The number of hydrogen-bond acceptors (Lipinski definition) is 5. The Morgan fingerprint density at radius 1 is 1.53 bits per heavy atom. The Labute approximate surface area is 107 Å². The summed E-state index contributed by atoms with van der Waals surface area (Å²) in [6, 6.07) is 3.43. The molecule has 0 aliphatic rings. The maximum Gasteiger partial charge on any atom is 0.216 e. The molecule has 0 aliphatic heterocycles. The number of halogens is 1. The molecule has 6 heteroatoms. The van der Waals surface area contributed by atoms with Crippen molar-refractivity contribution in [1.29, 1.82) is 0 Å². The highest BCUT2D eigenvalue weighted by atomic mass is 79.9. The van der Waals surface area contributed by atoms with Crippen molar-refractivity contribution < 1.29 is 9.15 Å². The Kier molecular flexibility index (Phi) is 3.75. The summed E-state index contributed by atoms with van der Waals surface area (Å²) in [6.45, 7) is 0. The molecule has 0 amide bonds. The fraction of sp³-hybridized carbons (Fsp3) is 0.273. The van der Waals surface area contributed by atoms with Gasteiger partial charge in [0.1, 0.15) is 6.33 Å². The minimum atomic E-state index is -0.178. The van der Waals surface area contributed by atoms with Gasteiger partial charge in [-0.2, -0.15) is 0 Å². The largest absolute Gasteiger partial charge is 0.481 e. The number of nitrogens with zero attached hydrogens (tertiary/aromatic N) is 2. The van der Waals surface area contributed by atoms with E-state index in [0.717, 1.165) is 11.3 Å². The zero-order valence-corrected chi connectivity index (χ0v) is 10.8. The Hall–Kier alpha value is -1.40. The summed E-state index contributed by atoms with van der Waals surface area (Å²) in [5.41, 5.74) is 7.82. The zero-order valence-electron chi connectivity index (χ0n) is 9.26. The van der Waals surface area contributed by atoms with E-state index in [1.807, 2.05) is 6.07 Å². The first-order valence-corrected chi connectivity index (χ1v) is 5.83. The van der Waals surface area contributed by atoms with Gasteiger partial charge in [0.15, 0.2) is 4.67 Å². The second-order valence-corrected chi connectivity index (χ2v) is 4.23. The van der Waals surface area contributed by atoms with Crippen LogP contribution in [0.4, 0.5) is 0 Å². The highest BCUT2D eigenvalue weighted by Gasteiger charge is 2.14. The van der Waals surface area contributed by atoms with E-state index in [1.165, 1.54) is 6.33 Å². The molecular weight excluding hydrogens is 286 g/mol. The first-order valence-electron chi connectivity index (χ1n) is 5.04. The summed E-state index contributed by atoms with van der Waals surface area (Å²) in [4.78, 5) is 8.09. The molecule has 2 rings (SSSR count). The monoisotopic (exact) mass is 297 g/mol. The molecule has 0 saturated carbocycles. The van der Waals surface area contributed by atoms with Crippen molar-refractivity contribution in [2.45, 2.75) is 12.5 Å². The van der Waals surface area contributed by atoms with Crippen LogP contribution in [0, 0.1) is 0 Å². The third-order valence-electron chi connectivity index (χ3n) is 2.38. The van der Waals surface area contributed by atoms with Crippen molar-refractivity contribution in [2.24, 2.45) is 5.73 Å². The lowest BCUT2D eigenvalue weighted by Crippen LogP contribution is -2.14. The van der Waals surface area contributed by atoms with Crippen LogP contribution < -0.4 is 10.5 Å². The third kappa shape index (κ3) is 2.83. The minimum absolute atomic E-state index is 0.178. The fourth-order valence-electron chi connectivity index (χ4n) is 1.51. The van der Waals surface area contributed by atoms with E-state index in [4.69, 9.17) is 14.9 Å². The summed E-state index contributed by atoms with van der Waals surface area (Å²) in [6.07, 6.45) is 3.65. The van der Waals surface area contributed by atoms with Gasteiger partial charge in [0, 0.05) is 29.8 Å². The molecule has 0 spiro atoms. The highest BCUT2D eigenvalue weighted by molar-refractivity contribution is 9.10. The highest BCUT2D eigenvalue weighted by Crippen LogP contribution is 2.25. The van der Waals surface area contributed by atoms with Crippen LogP contribution in [0.15, 0.2) is 33.8 Å². The normalized spacial score (nSPS) is 12.4. The van der Waals surface area contributed by atoms with Crippen LogP contribution in [0.1, 0.15) is 17.3 Å². The molecular formula is C11H12BrN3O2. The molecule has 0 radical (unpaired) electrons. The van der Waals surface area contributed by atoms with Gasteiger partial charge in [-0.05, 0) is 22.0 Å².